The molecule has 1 atom stereocenters. The molecule has 0 aromatic carbocycles. The van der Waals surface area contributed by atoms with E-state index in [1.165, 1.54) is 6.26 Å². The monoisotopic (exact) mass is 286 g/mol. The van der Waals surface area contributed by atoms with Crippen LogP contribution in [0.4, 0.5) is 11.6 Å². The van der Waals surface area contributed by atoms with Gasteiger partial charge in [0.2, 0.25) is 0 Å². The topological polar surface area (TPSA) is 98.0 Å². The third kappa shape index (κ3) is 5.42. The molecular formula is C12H22N4O2S. The van der Waals surface area contributed by atoms with Crippen LogP contribution in [0.2, 0.25) is 0 Å². The normalized spacial score (nSPS) is 14.2. The molecule has 0 radical (unpaired) electrons. The van der Waals surface area contributed by atoms with Crippen molar-refractivity contribution in [3.05, 3.63) is 11.9 Å². The van der Waals surface area contributed by atoms with E-state index in [9.17, 15) is 8.42 Å². The molecule has 0 spiro atoms. The Bertz CT molecular complexity index is 549. The molecule has 19 heavy (non-hydrogen) atoms. The van der Waals surface area contributed by atoms with E-state index in [1.54, 1.807) is 13.0 Å². The lowest BCUT2D eigenvalue weighted by atomic mass is 9.96. The lowest BCUT2D eigenvalue weighted by molar-refractivity contribution is 0.546. The summed E-state index contributed by atoms with van der Waals surface area (Å²) in [6, 6.07) is 1.37. The van der Waals surface area contributed by atoms with Crippen molar-refractivity contribution in [2.75, 3.05) is 23.1 Å². The number of hydrogen-bond donors (Lipinski definition) is 2. The fraction of sp³-hybridized carbons (Fsp3) is 0.667. The van der Waals surface area contributed by atoms with Crippen molar-refractivity contribution < 1.29 is 8.42 Å². The van der Waals surface area contributed by atoms with Crippen molar-refractivity contribution in [1.29, 1.82) is 0 Å². The fourth-order valence-electron chi connectivity index (χ4n) is 1.62. The molecule has 0 saturated heterocycles. The molecule has 7 heteroatoms. The number of nitrogens with two attached hydrogens (primary N) is 1. The maximum Gasteiger partial charge on any atom is 0.149 e. The van der Waals surface area contributed by atoms with Crippen LogP contribution in [0.15, 0.2) is 6.07 Å². The zero-order valence-electron chi connectivity index (χ0n) is 12.1. The second-order valence-electron chi connectivity index (χ2n) is 5.89. The largest absolute Gasteiger partial charge is 0.384 e. The first-order valence-electron chi connectivity index (χ1n) is 6.06. The van der Waals surface area contributed by atoms with Crippen molar-refractivity contribution in [3.63, 3.8) is 0 Å². The number of sulfone groups is 1. The van der Waals surface area contributed by atoms with Gasteiger partial charge in [-0.05, 0) is 6.92 Å². The molecule has 0 bridgehead atoms. The van der Waals surface area contributed by atoms with Gasteiger partial charge in [-0.1, -0.05) is 20.8 Å². The van der Waals surface area contributed by atoms with Crippen molar-refractivity contribution >= 4 is 21.5 Å². The average molecular weight is 286 g/mol. The minimum absolute atomic E-state index is 0.0434. The van der Waals surface area contributed by atoms with Crippen LogP contribution in [-0.4, -0.2) is 36.4 Å². The van der Waals surface area contributed by atoms with Crippen LogP contribution < -0.4 is 11.1 Å². The summed E-state index contributed by atoms with van der Waals surface area (Å²) in [5, 5.41) is 3.04. The Morgan fingerprint density at radius 3 is 2.42 bits per heavy atom. The first kappa shape index (κ1) is 15.7. The van der Waals surface area contributed by atoms with Gasteiger partial charge in [-0.25, -0.2) is 18.4 Å². The molecular weight excluding hydrogens is 264 g/mol. The van der Waals surface area contributed by atoms with Crippen LogP contribution in [0.1, 0.15) is 33.5 Å². The highest BCUT2D eigenvalue weighted by Crippen LogP contribution is 2.21. The molecule has 0 saturated carbocycles. The Kier molecular flexibility index (Phi) is 4.39. The summed E-state index contributed by atoms with van der Waals surface area (Å²) in [5.41, 5.74) is 5.53. The third-order valence-corrected chi connectivity index (χ3v) is 3.47. The number of hydrogen-bond acceptors (Lipinski definition) is 6. The summed E-state index contributed by atoms with van der Waals surface area (Å²) < 4.78 is 22.5. The molecule has 1 rings (SSSR count). The van der Waals surface area contributed by atoms with Crippen molar-refractivity contribution in [2.45, 2.75) is 39.2 Å². The highest BCUT2D eigenvalue weighted by Gasteiger charge is 2.19. The predicted octanol–water partition coefficient (Wildman–Crippen LogP) is 1.20. The van der Waals surface area contributed by atoms with E-state index in [0.29, 0.717) is 17.5 Å². The Hall–Kier alpha value is -1.37. The molecule has 0 aliphatic heterocycles. The molecule has 0 aliphatic carbocycles. The highest BCUT2D eigenvalue weighted by atomic mass is 32.2. The zero-order chi connectivity index (χ0) is 14.8. The molecule has 1 heterocycles. The Balaban J connectivity index is 2.93. The van der Waals surface area contributed by atoms with E-state index in [2.05, 4.69) is 15.3 Å². The third-order valence-electron chi connectivity index (χ3n) is 2.36. The summed E-state index contributed by atoms with van der Waals surface area (Å²) in [6.45, 7) is 7.76. The molecule has 108 valence electrons. The predicted molar refractivity (Wildman–Crippen MR) is 77.9 cm³/mol. The van der Waals surface area contributed by atoms with Gasteiger partial charge in [0.25, 0.3) is 0 Å². The second kappa shape index (κ2) is 5.32. The number of nitrogen functional groups attached to an aromatic ring is 1. The number of anilines is 2. The summed E-state index contributed by atoms with van der Waals surface area (Å²) in [4.78, 5) is 8.57. The van der Waals surface area contributed by atoms with Crippen LogP contribution >= 0.6 is 0 Å². The summed E-state index contributed by atoms with van der Waals surface area (Å²) in [7, 11) is -3.03. The van der Waals surface area contributed by atoms with Crippen LogP contribution in [0.25, 0.3) is 0 Å². The Morgan fingerprint density at radius 1 is 1.37 bits per heavy atom. The van der Waals surface area contributed by atoms with Gasteiger partial charge in [0.05, 0.1) is 5.75 Å². The SMILES string of the molecule is CC(CS(C)(=O)=O)Nc1cc(N)nc(C(C)(C)C)n1. The lowest BCUT2D eigenvalue weighted by Gasteiger charge is -2.19. The summed E-state index contributed by atoms with van der Waals surface area (Å²) in [5.74, 6) is 1.59. The average Bonchev–Trinajstić information content (AvgIpc) is 2.11. The number of aromatic nitrogens is 2. The molecule has 6 nitrogen and oxygen atoms in total. The van der Waals surface area contributed by atoms with Gasteiger partial charge in [0.1, 0.15) is 27.3 Å². The smallest absolute Gasteiger partial charge is 0.149 e. The van der Waals surface area contributed by atoms with E-state index >= 15 is 0 Å². The molecule has 0 aliphatic rings. The van der Waals surface area contributed by atoms with Gasteiger partial charge in [-0.15, -0.1) is 0 Å². The first-order valence-corrected chi connectivity index (χ1v) is 8.13. The first-order chi connectivity index (χ1) is 8.47. The van der Waals surface area contributed by atoms with Gasteiger partial charge in [0, 0.05) is 23.8 Å². The summed E-state index contributed by atoms with van der Waals surface area (Å²) >= 11 is 0. The van der Waals surface area contributed by atoms with E-state index in [1.807, 2.05) is 20.8 Å². The minimum atomic E-state index is -3.03. The van der Waals surface area contributed by atoms with Crippen LogP contribution in [0.3, 0.4) is 0 Å². The molecule has 0 fully saturated rings. The maximum absolute atomic E-state index is 11.2. The molecule has 1 aromatic heterocycles. The van der Waals surface area contributed by atoms with E-state index in [-0.39, 0.29) is 17.2 Å². The Labute approximate surface area is 114 Å². The number of nitrogens with zero attached hydrogens (tertiary/aromatic N) is 2. The van der Waals surface area contributed by atoms with Gasteiger partial charge in [-0.2, -0.15) is 0 Å². The highest BCUT2D eigenvalue weighted by molar-refractivity contribution is 7.90. The minimum Gasteiger partial charge on any atom is -0.384 e. The Morgan fingerprint density at radius 2 is 1.95 bits per heavy atom. The van der Waals surface area contributed by atoms with E-state index in [4.69, 9.17) is 5.73 Å². The van der Waals surface area contributed by atoms with E-state index in [0.717, 1.165) is 0 Å². The fourth-order valence-corrected chi connectivity index (χ4v) is 2.62. The summed E-state index contributed by atoms with van der Waals surface area (Å²) in [6.07, 6.45) is 1.21. The molecule has 1 unspecified atom stereocenters. The quantitative estimate of drug-likeness (QED) is 0.863. The lowest BCUT2D eigenvalue weighted by Crippen LogP contribution is -2.26. The van der Waals surface area contributed by atoms with Crippen LogP contribution in [0.5, 0.6) is 0 Å². The van der Waals surface area contributed by atoms with Crippen molar-refractivity contribution in [2.24, 2.45) is 0 Å². The molecule has 1 aromatic rings. The number of rotatable bonds is 4. The van der Waals surface area contributed by atoms with Crippen molar-refractivity contribution in [1.82, 2.24) is 9.97 Å². The van der Waals surface area contributed by atoms with Crippen molar-refractivity contribution in [3.8, 4) is 0 Å². The zero-order valence-corrected chi connectivity index (χ0v) is 12.9. The van der Waals surface area contributed by atoms with Crippen LogP contribution in [-0.2, 0) is 15.3 Å². The van der Waals surface area contributed by atoms with E-state index < -0.39 is 9.84 Å². The second-order valence-corrected chi connectivity index (χ2v) is 8.07. The standard InChI is InChI=1S/C12H22N4O2S/c1-8(7-19(5,17)18)14-10-6-9(13)15-11(16-10)12(2,3)4/h6,8H,7H2,1-5H3,(H3,13,14,15,16). The van der Waals surface area contributed by atoms with Gasteiger partial charge < -0.3 is 11.1 Å². The van der Waals surface area contributed by atoms with Gasteiger partial charge >= 0.3 is 0 Å². The van der Waals surface area contributed by atoms with Gasteiger partial charge in [0.15, 0.2) is 0 Å². The number of nitrogens with one attached hydrogen (secondary N) is 1. The molecule has 0 amide bonds. The van der Waals surface area contributed by atoms with Gasteiger partial charge in [-0.3, -0.25) is 0 Å². The van der Waals surface area contributed by atoms with Crippen LogP contribution in [0, 0.1) is 0 Å². The molecule has 3 N–H and O–H groups in total. The maximum atomic E-state index is 11.2.